The smallest absolute Gasteiger partial charge is 0.250 e. The molecule has 1 aromatic carbocycles. The van der Waals surface area contributed by atoms with E-state index in [4.69, 9.17) is 9.47 Å². The Kier molecular flexibility index (Phi) is 4.68. The lowest BCUT2D eigenvalue weighted by molar-refractivity contribution is -0.119. The van der Waals surface area contributed by atoms with Gasteiger partial charge in [-0.1, -0.05) is 17.7 Å². The summed E-state index contributed by atoms with van der Waals surface area (Å²) in [5.41, 5.74) is 1.77. The number of hydrogen-bond donors (Lipinski definition) is 1. The molecule has 0 aliphatic carbocycles. The van der Waals surface area contributed by atoms with Crippen LogP contribution in [0.4, 0.5) is 5.69 Å². The molecule has 2 rings (SSSR count). The number of anilines is 1. The van der Waals surface area contributed by atoms with Crippen molar-refractivity contribution < 1.29 is 14.3 Å². The van der Waals surface area contributed by atoms with Crippen LogP contribution < -0.4 is 10.1 Å². The van der Waals surface area contributed by atoms with Gasteiger partial charge in [-0.25, -0.2) is 4.98 Å². The third-order valence-electron chi connectivity index (χ3n) is 2.54. The van der Waals surface area contributed by atoms with E-state index < -0.39 is 0 Å². The number of nitrogens with one attached hydrogen (secondary N) is 1. The second kappa shape index (κ2) is 6.68. The van der Waals surface area contributed by atoms with Crippen molar-refractivity contribution in [2.24, 2.45) is 0 Å². The molecule has 0 aliphatic rings. The summed E-state index contributed by atoms with van der Waals surface area (Å²) in [5, 5.41) is 2.66. The molecule has 0 spiro atoms. The second-order valence-corrected chi connectivity index (χ2v) is 4.28. The van der Waals surface area contributed by atoms with Crippen LogP contribution >= 0.6 is 0 Å². The topological polar surface area (TPSA) is 60.5 Å². The maximum Gasteiger partial charge on any atom is 0.250 e. The van der Waals surface area contributed by atoms with E-state index in [1.54, 1.807) is 12.1 Å². The van der Waals surface area contributed by atoms with E-state index in [9.17, 15) is 4.79 Å². The van der Waals surface area contributed by atoms with Crippen LogP contribution in [0.25, 0.3) is 0 Å². The Hall–Kier alpha value is -2.40. The fraction of sp³-hybridized carbons (Fsp3) is 0.200. The zero-order chi connectivity index (χ0) is 14.4. The number of aryl methyl sites for hydroxylation is 1. The summed E-state index contributed by atoms with van der Waals surface area (Å²) in [6.07, 6.45) is 1.54. The van der Waals surface area contributed by atoms with Crippen molar-refractivity contribution in [2.75, 3.05) is 19.0 Å². The number of hydrogen-bond acceptors (Lipinski definition) is 4. The molecule has 0 saturated carbocycles. The van der Waals surface area contributed by atoms with Crippen LogP contribution in [-0.4, -0.2) is 24.6 Å². The largest absolute Gasteiger partial charge is 0.439 e. The highest BCUT2D eigenvalue weighted by Gasteiger charge is 2.03. The first-order valence-electron chi connectivity index (χ1n) is 6.17. The summed E-state index contributed by atoms with van der Waals surface area (Å²) in [4.78, 5) is 15.5. The van der Waals surface area contributed by atoms with Gasteiger partial charge in [-0.3, -0.25) is 4.79 Å². The second-order valence-electron chi connectivity index (χ2n) is 4.28. The maximum atomic E-state index is 11.3. The Bertz CT molecular complexity index is 565. The van der Waals surface area contributed by atoms with Gasteiger partial charge >= 0.3 is 0 Å². The zero-order valence-corrected chi connectivity index (χ0v) is 11.4. The molecule has 0 bridgehead atoms. The molecule has 0 radical (unpaired) electrons. The molecule has 0 atom stereocenters. The number of nitrogens with zero attached hydrogens (tertiary/aromatic N) is 1. The lowest BCUT2D eigenvalue weighted by Crippen LogP contribution is -2.17. The quantitative estimate of drug-likeness (QED) is 0.909. The SMILES string of the molecule is COCC(=O)Nc1ccc(Oc2ccc(C)cc2)nc1. The summed E-state index contributed by atoms with van der Waals surface area (Å²) in [5.74, 6) is 0.972. The first-order valence-corrected chi connectivity index (χ1v) is 6.17. The summed E-state index contributed by atoms with van der Waals surface area (Å²) < 4.78 is 10.3. The van der Waals surface area contributed by atoms with Gasteiger partial charge in [-0.15, -0.1) is 0 Å². The number of methoxy groups -OCH3 is 1. The van der Waals surface area contributed by atoms with Gasteiger partial charge in [0, 0.05) is 13.2 Å². The highest BCUT2D eigenvalue weighted by molar-refractivity contribution is 5.91. The molecule has 0 fully saturated rings. The first-order chi connectivity index (χ1) is 9.67. The van der Waals surface area contributed by atoms with E-state index in [0.717, 1.165) is 5.75 Å². The van der Waals surface area contributed by atoms with Gasteiger partial charge in [0.05, 0.1) is 11.9 Å². The summed E-state index contributed by atoms with van der Waals surface area (Å²) in [6, 6.07) is 11.1. The highest BCUT2D eigenvalue weighted by atomic mass is 16.5. The minimum Gasteiger partial charge on any atom is -0.439 e. The van der Waals surface area contributed by atoms with E-state index in [0.29, 0.717) is 11.6 Å². The van der Waals surface area contributed by atoms with Crippen molar-refractivity contribution in [2.45, 2.75) is 6.92 Å². The van der Waals surface area contributed by atoms with E-state index in [1.807, 2.05) is 31.2 Å². The Morgan fingerprint density at radius 3 is 2.55 bits per heavy atom. The van der Waals surface area contributed by atoms with Crippen LogP contribution in [0.15, 0.2) is 42.6 Å². The minimum atomic E-state index is -0.221. The van der Waals surface area contributed by atoms with Gasteiger partial charge in [-0.2, -0.15) is 0 Å². The monoisotopic (exact) mass is 272 g/mol. The van der Waals surface area contributed by atoms with Crippen molar-refractivity contribution in [3.05, 3.63) is 48.2 Å². The summed E-state index contributed by atoms with van der Waals surface area (Å²) in [7, 11) is 1.47. The number of aromatic nitrogens is 1. The molecule has 2 aromatic rings. The van der Waals surface area contributed by atoms with Crippen LogP contribution in [-0.2, 0) is 9.53 Å². The molecule has 104 valence electrons. The standard InChI is InChI=1S/C15H16N2O3/c1-11-3-6-13(7-4-11)20-15-8-5-12(9-16-15)17-14(18)10-19-2/h3-9H,10H2,1-2H3,(H,17,18). The average molecular weight is 272 g/mol. The summed E-state index contributed by atoms with van der Waals surface area (Å²) in [6.45, 7) is 2.03. The van der Waals surface area contributed by atoms with E-state index in [-0.39, 0.29) is 12.5 Å². The van der Waals surface area contributed by atoms with Gasteiger partial charge < -0.3 is 14.8 Å². The molecule has 0 saturated heterocycles. The van der Waals surface area contributed by atoms with Crippen molar-refractivity contribution in [1.82, 2.24) is 4.98 Å². The normalized spacial score (nSPS) is 10.1. The number of benzene rings is 1. The minimum absolute atomic E-state index is 0.0155. The lowest BCUT2D eigenvalue weighted by Gasteiger charge is -2.07. The van der Waals surface area contributed by atoms with Gasteiger partial charge in [0.2, 0.25) is 11.8 Å². The van der Waals surface area contributed by atoms with Crippen LogP contribution in [0.1, 0.15) is 5.56 Å². The third-order valence-corrected chi connectivity index (χ3v) is 2.54. The molecule has 0 unspecified atom stereocenters. The number of carbonyl (C=O) groups is 1. The maximum absolute atomic E-state index is 11.3. The Morgan fingerprint density at radius 2 is 1.95 bits per heavy atom. The molecule has 1 heterocycles. The van der Waals surface area contributed by atoms with Gasteiger partial charge in [-0.05, 0) is 25.1 Å². The predicted octanol–water partition coefficient (Wildman–Crippen LogP) is 2.77. The van der Waals surface area contributed by atoms with Crippen LogP contribution in [0, 0.1) is 6.92 Å². The number of amides is 1. The Balaban J connectivity index is 1.97. The molecule has 20 heavy (non-hydrogen) atoms. The van der Waals surface area contributed by atoms with Crippen molar-refractivity contribution in [3.63, 3.8) is 0 Å². The predicted molar refractivity (Wildman–Crippen MR) is 76.0 cm³/mol. The molecular weight excluding hydrogens is 256 g/mol. The average Bonchev–Trinajstić information content (AvgIpc) is 2.44. The molecule has 5 nitrogen and oxygen atoms in total. The molecular formula is C15H16N2O3. The third kappa shape index (κ3) is 4.07. The lowest BCUT2D eigenvalue weighted by atomic mass is 10.2. The highest BCUT2D eigenvalue weighted by Crippen LogP contribution is 2.20. The van der Waals surface area contributed by atoms with Crippen molar-refractivity contribution >= 4 is 11.6 Å². The van der Waals surface area contributed by atoms with E-state index in [2.05, 4.69) is 10.3 Å². The van der Waals surface area contributed by atoms with Crippen molar-refractivity contribution in [3.8, 4) is 11.6 Å². The van der Waals surface area contributed by atoms with Gasteiger partial charge in [0.1, 0.15) is 12.4 Å². The van der Waals surface area contributed by atoms with E-state index in [1.165, 1.54) is 18.9 Å². The molecule has 1 amide bonds. The fourth-order valence-electron chi connectivity index (χ4n) is 1.57. The molecule has 1 N–H and O–H groups in total. The van der Waals surface area contributed by atoms with E-state index >= 15 is 0 Å². The molecule has 5 heteroatoms. The fourth-order valence-corrected chi connectivity index (χ4v) is 1.57. The number of pyridine rings is 1. The first kappa shape index (κ1) is 14.0. The van der Waals surface area contributed by atoms with Gasteiger partial charge in [0.25, 0.3) is 0 Å². The molecule has 0 aliphatic heterocycles. The number of rotatable bonds is 5. The van der Waals surface area contributed by atoms with Crippen molar-refractivity contribution in [1.29, 1.82) is 0 Å². The van der Waals surface area contributed by atoms with Gasteiger partial charge in [0.15, 0.2) is 0 Å². The van der Waals surface area contributed by atoms with Crippen LogP contribution in [0.3, 0.4) is 0 Å². The zero-order valence-electron chi connectivity index (χ0n) is 11.4. The number of carbonyl (C=O) groups excluding carboxylic acids is 1. The summed E-state index contributed by atoms with van der Waals surface area (Å²) >= 11 is 0. The number of ether oxygens (including phenoxy) is 2. The Morgan fingerprint density at radius 1 is 1.20 bits per heavy atom. The molecule has 1 aromatic heterocycles. The Labute approximate surface area is 117 Å². The van der Waals surface area contributed by atoms with Crippen LogP contribution in [0.2, 0.25) is 0 Å². The van der Waals surface area contributed by atoms with Crippen LogP contribution in [0.5, 0.6) is 11.6 Å².